The molecule has 2 aliphatic rings. The van der Waals surface area contributed by atoms with Gasteiger partial charge in [0.2, 0.25) is 0 Å². The van der Waals surface area contributed by atoms with Crippen molar-refractivity contribution in [1.29, 1.82) is 0 Å². The molecule has 0 aromatic rings. The highest BCUT2D eigenvalue weighted by molar-refractivity contribution is 5.80. The number of hydrogen-bond donors (Lipinski definition) is 1. The smallest absolute Gasteiger partial charge is 0.328 e. The molecule has 27 heavy (non-hydrogen) atoms. The van der Waals surface area contributed by atoms with Crippen molar-refractivity contribution in [3.63, 3.8) is 0 Å². The van der Waals surface area contributed by atoms with Gasteiger partial charge in [-0.15, -0.1) is 0 Å². The van der Waals surface area contributed by atoms with Gasteiger partial charge < -0.3 is 5.11 Å². The van der Waals surface area contributed by atoms with Gasteiger partial charge in [-0.3, -0.25) is 0 Å². The maximum Gasteiger partial charge on any atom is 0.328 e. The van der Waals surface area contributed by atoms with Crippen molar-refractivity contribution < 1.29 is 9.90 Å². The van der Waals surface area contributed by atoms with Crippen LogP contribution in [0.5, 0.6) is 0 Å². The van der Waals surface area contributed by atoms with Crippen LogP contribution >= 0.6 is 0 Å². The first kappa shape index (κ1) is 22.0. The van der Waals surface area contributed by atoms with Crippen LogP contribution < -0.4 is 0 Å². The molecule has 1 saturated carbocycles. The number of aliphatic carboxylic acids is 1. The minimum Gasteiger partial charge on any atom is -0.478 e. The third-order valence-electron chi connectivity index (χ3n) is 7.59. The summed E-state index contributed by atoms with van der Waals surface area (Å²) < 4.78 is 0. The van der Waals surface area contributed by atoms with Crippen LogP contribution in [0, 0.1) is 22.7 Å². The molecule has 1 fully saturated rings. The Bertz CT molecular complexity index is 635. The molecule has 0 aromatic heterocycles. The average molecular weight is 373 g/mol. The van der Waals surface area contributed by atoms with Crippen molar-refractivity contribution >= 4 is 5.97 Å². The van der Waals surface area contributed by atoms with E-state index in [0.29, 0.717) is 16.7 Å². The molecule has 0 amide bonds. The number of hydrogen-bond acceptors (Lipinski definition) is 1. The van der Waals surface area contributed by atoms with Gasteiger partial charge in [0.1, 0.15) is 0 Å². The zero-order valence-corrected chi connectivity index (χ0v) is 18.4. The molecule has 2 rings (SSSR count). The van der Waals surface area contributed by atoms with E-state index in [1.54, 1.807) is 0 Å². The fourth-order valence-corrected chi connectivity index (χ4v) is 6.16. The maximum absolute atomic E-state index is 11.0. The van der Waals surface area contributed by atoms with Gasteiger partial charge in [-0.1, -0.05) is 49.1 Å². The van der Waals surface area contributed by atoms with Gasteiger partial charge in [0.05, 0.1) is 0 Å². The van der Waals surface area contributed by atoms with E-state index < -0.39 is 5.97 Å². The predicted molar refractivity (Wildman–Crippen MR) is 115 cm³/mol. The van der Waals surface area contributed by atoms with Gasteiger partial charge in [0.15, 0.2) is 0 Å². The molecule has 1 N–H and O–H groups in total. The Morgan fingerprint density at radius 2 is 1.96 bits per heavy atom. The van der Waals surface area contributed by atoms with Gasteiger partial charge in [-0.05, 0) is 95.3 Å². The summed E-state index contributed by atoms with van der Waals surface area (Å²) in [6, 6.07) is 0. The van der Waals surface area contributed by atoms with Crippen LogP contribution in [0.3, 0.4) is 0 Å². The number of rotatable bonds is 7. The van der Waals surface area contributed by atoms with Crippen molar-refractivity contribution in [2.75, 3.05) is 0 Å². The van der Waals surface area contributed by atoms with E-state index in [4.69, 9.17) is 5.11 Å². The first-order chi connectivity index (χ1) is 12.6. The molecule has 0 heterocycles. The number of carboxylic acids is 1. The van der Waals surface area contributed by atoms with E-state index in [9.17, 15) is 4.79 Å². The van der Waals surface area contributed by atoms with Gasteiger partial charge >= 0.3 is 5.97 Å². The van der Waals surface area contributed by atoms with Gasteiger partial charge in [-0.25, -0.2) is 4.79 Å². The first-order valence-electron chi connectivity index (χ1n) is 10.8. The number of allylic oxidation sites excluding steroid dienone is 5. The summed E-state index contributed by atoms with van der Waals surface area (Å²) in [6.07, 6.45) is 15.9. The highest BCUT2D eigenvalue weighted by Crippen LogP contribution is 2.62. The molecular formula is C25H40O2. The lowest BCUT2D eigenvalue weighted by Gasteiger charge is -2.58. The first-order valence-corrected chi connectivity index (χ1v) is 10.8. The second-order valence-electron chi connectivity index (χ2n) is 9.99. The Morgan fingerprint density at radius 1 is 1.26 bits per heavy atom. The normalized spacial score (nSPS) is 33.9. The standard InChI is InChI=1S/C25H40O2/c1-18(2)9-7-14-24(5)15-8-16-25(6)21(20(4)11-13-22(24)25)12-10-19(3)17-23(26)27/h9,11,17,21-22H,7-8,10,12-16H2,1-6H3,(H,26,27)/b19-17+/t21-,22-,24-,25+/m0/s1. The molecule has 0 aliphatic heterocycles. The van der Waals surface area contributed by atoms with E-state index in [-0.39, 0.29) is 0 Å². The zero-order chi connectivity index (χ0) is 20.2. The summed E-state index contributed by atoms with van der Waals surface area (Å²) in [5.74, 6) is 0.496. The SMILES string of the molecule is CC(C)=CCC[C@@]1(C)CCC[C@]2(C)[C@@H](CC/C(C)=C/C(=O)O)C(C)=CC[C@@H]12. The molecule has 0 bridgehead atoms. The lowest BCUT2D eigenvalue weighted by atomic mass is 9.47. The summed E-state index contributed by atoms with van der Waals surface area (Å²) in [5, 5.41) is 9.01. The summed E-state index contributed by atoms with van der Waals surface area (Å²) in [6.45, 7) is 13.7. The van der Waals surface area contributed by atoms with E-state index >= 15 is 0 Å². The van der Waals surface area contributed by atoms with Crippen molar-refractivity contribution in [3.8, 4) is 0 Å². The molecule has 2 heteroatoms. The summed E-state index contributed by atoms with van der Waals surface area (Å²) in [5.41, 5.74) is 4.71. The molecule has 0 aromatic carbocycles. The predicted octanol–water partition coefficient (Wildman–Crippen LogP) is 7.32. The van der Waals surface area contributed by atoms with Crippen LogP contribution in [0.25, 0.3) is 0 Å². The third kappa shape index (κ3) is 5.15. The molecule has 0 spiro atoms. The Balaban J connectivity index is 2.20. The lowest BCUT2D eigenvalue weighted by molar-refractivity contribution is -0.131. The highest BCUT2D eigenvalue weighted by Gasteiger charge is 2.52. The third-order valence-corrected chi connectivity index (χ3v) is 7.59. The van der Waals surface area contributed by atoms with Crippen LogP contribution in [0.1, 0.15) is 92.9 Å². The number of carbonyl (C=O) groups is 1. The van der Waals surface area contributed by atoms with E-state index in [2.05, 4.69) is 46.8 Å². The van der Waals surface area contributed by atoms with Gasteiger partial charge in [0.25, 0.3) is 0 Å². The van der Waals surface area contributed by atoms with Gasteiger partial charge in [0, 0.05) is 6.08 Å². The minimum absolute atomic E-state index is 0.348. The Morgan fingerprint density at radius 3 is 2.59 bits per heavy atom. The van der Waals surface area contributed by atoms with Crippen LogP contribution in [0.4, 0.5) is 0 Å². The zero-order valence-electron chi connectivity index (χ0n) is 18.4. The van der Waals surface area contributed by atoms with Crippen molar-refractivity contribution in [2.24, 2.45) is 22.7 Å². The fourth-order valence-electron chi connectivity index (χ4n) is 6.16. The monoisotopic (exact) mass is 372 g/mol. The quantitative estimate of drug-likeness (QED) is 0.375. The van der Waals surface area contributed by atoms with Crippen molar-refractivity contribution in [1.82, 2.24) is 0 Å². The van der Waals surface area contributed by atoms with Crippen LogP contribution in [-0.2, 0) is 4.79 Å². The molecule has 152 valence electrons. The summed E-state index contributed by atoms with van der Waals surface area (Å²) >= 11 is 0. The maximum atomic E-state index is 11.0. The molecule has 0 unspecified atom stereocenters. The van der Waals surface area contributed by atoms with E-state index in [0.717, 1.165) is 24.3 Å². The second kappa shape index (κ2) is 8.80. The Kier molecular flexibility index (Phi) is 7.16. The Hall–Kier alpha value is -1.31. The van der Waals surface area contributed by atoms with Gasteiger partial charge in [-0.2, -0.15) is 0 Å². The fraction of sp³-hybridized carbons (Fsp3) is 0.720. The average Bonchev–Trinajstić information content (AvgIpc) is 2.52. The largest absolute Gasteiger partial charge is 0.478 e. The van der Waals surface area contributed by atoms with Crippen LogP contribution in [0.2, 0.25) is 0 Å². The Labute approximate surface area is 166 Å². The second-order valence-corrected chi connectivity index (χ2v) is 9.99. The van der Waals surface area contributed by atoms with Crippen molar-refractivity contribution in [3.05, 3.63) is 34.9 Å². The van der Waals surface area contributed by atoms with Crippen LogP contribution in [0.15, 0.2) is 34.9 Å². The van der Waals surface area contributed by atoms with Crippen LogP contribution in [-0.4, -0.2) is 11.1 Å². The molecular weight excluding hydrogens is 332 g/mol. The van der Waals surface area contributed by atoms with E-state index in [1.165, 1.54) is 55.7 Å². The lowest BCUT2D eigenvalue weighted by Crippen LogP contribution is -2.49. The molecule has 4 atom stereocenters. The molecule has 2 aliphatic carbocycles. The minimum atomic E-state index is -0.822. The topological polar surface area (TPSA) is 37.3 Å². The summed E-state index contributed by atoms with van der Waals surface area (Å²) in [4.78, 5) is 11.0. The molecule has 0 saturated heterocycles. The van der Waals surface area contributed by atoms with E-state index in [1.807, 2.05) is 6.92 Å². The number of fused-ring (bicyclic) bond motifs is 1. The number of carboxylic acid groups (broad SMARTS) is 1. The summed E-state index contributed by atoms with van der Waals surface area (Å²) in [7, 11) is 0. The van der Waals surface area contributed by atoms with Crippen molar-refractivity contribution in [2.45, 2.75) is 92.9 Å². The highest BCUT2D eigenvalue weighted by atomic mass is 16.4. The molecule has 2 nitrogen and oxygen atoms in total. The molecule has 0 radical (unpaired) electrons.